The van der Waals surface area contributed by atoms with Crippen molar-refractivity contribution in [1.82, 2.24) is 0 Å². The first-order valence-electron chi connectivity index (χ1n) is 9.01. The third-order valence-electron chi connectivity index (χ3n) is 4.45. The molecule has 0 radical (unpaired) electrons. The lowest BCUT2D eigenvalue weighted by atomic mass is 9.92. The summed E-state index contributed by atoms with van der Waals surface area (Å²) in [4.78, 5) is 24.9. The van der Waals surface area contributed by atoms with Crippen LogP contribution < -0.4 is 20.1 Å². The fourth-order valence-corrected chi connectivity index (χ4v) is 3.03. The Hall–Kier alpha value is -3.02. The Balaban J connectivity index is 1.78. The minimum atomic E-state index is -0.734. The number of amides is 2. The van der Waals surface area contributed by atoms with Crippen LogP contribution in [0.15, 0.2) is 36.4 Å². The number of hydrogen-bond acceptors (Lipinski definition) is 4. The lowest BCUT2D eigenvalue weighted by Gasteiger charge is -2.20. The van der Waals surface area contributed by atoms with E-state index in [0.717, 1.165) is 11.1 Å². The molecule has 0 aliphatic carbocycles. The Kier molecular flexibility index (Phi) is 5.35. The highest BCUT2D eigenvalue weighted by Gasteiger charge is 2.21. The van der Waals surface area contributed by atoms with Crippen LogP contribution in [-0.2, 0) is 9.59 Å². The van der Waals surface area contributed by atoms with Gasteiger partial charge in [0.2, 0.25) is 6.79 Å². The number of carbonyl (C=O) groups excluding carboxylic acids is 2. The van der Waals surface area contributed by atoms with E-state index in [-0.39, 0.29) is 18.6 Å². The van der Waals surface area contributed by atoms with Crippen LogP contribution in [0.4, 0.5) is 11.4 Å². The van der Waals surface area contributed by atoms with Crippen LogP contribution in [-0.4, -0.2) is 18.6 Å². The summed E-state index contributed by atoms with van der Waals surface area (Å²) in [5, 5.41) is 5.41. The molecule has 0 saturated heterocycles. The molecular formula is C21H24N2O4. The molecule has 27 heavy (non-hydrogen) atoms. The van der Waals surface area contributed by atoms with E-state index in [1.165, 1.54) is 0 Å². The first-order chi connectivity index (χ1) is 12.9. The maximum absolute atomic E-state index is 12.5. The Labute approximate surface area is 158 Å². The smallest absolute Gasteiger partial charge is 0.314 e. The number of hydrogen-bond donors (Lipinski definition) is 2. The number of fused-ring (bicyclic) bond motifs is 1. The van der Waals surface area contributed by atoms with Gasteiger partial charge in [0.05, 0.1) is 0 Å². The average Bonchev–Trinajstić information content (AvgIpc) is 3.09. The molecule has 6 heteroatoms. The van der Waals surface area contributed by atoms with Gasteiger partial charge in [-0.2, -0.15) is 0 Å². The van der Waals surface area contributed by atoms with E-state index in [1.807, 2.05) is 18.2 Å². The molecule has 6 nitrogen and oxygen atoms in total. The van der Waals surface area contributed by atoms with E-state index in [9.17, 15) is 9.59 Å². The SMILES string of the molecule is CC(C)c1cccc(C(C)C)c1NC(=O)C(=O)Nc1ccc2c(c1)OCO2. The van der Waals surface area contributed by atoms with Crippen molar-refractivity contribution in [2.24, 2.45) is 0 Å². The molecule has 1 heterocycles. The van der Waals surface area contributed by atoms with Crippen LogP contribution in [0.25, 0.3) is 0 Å². The van der Waals surface area contributed by atoms with E-state index < -0.39 is 11.8 Å². The van der Waals surface area contributed by atoms with Crippen molar-refractivity contribution in [3.8, 4) is 11.5 Å². The minimum absolute atomic E-state index is 0.150. The van der Waals surface area contributed by atoms with E-state index >= 15 is 0 Å². The molecule has 2 aromatic carbocycles. The number of carbonyl (C=O) groups is 2. The first kappa shape index (κ1) is 18.8. The maximum Gasteiger partial charge on any atom is 0.314 e. The Morgan fingerprint density at radius 3 is 2.07 bits per heavy atom. The number of ether oxygens (including phenoxy) is 2. The van der Waals surface area contributed by atoms with Crippen LogP contribution >= 0.6 is 0 Å². The van der Waals surface area contributed by atoms with Crippen molar-refractivity contribution in [3.05, 3.63) is 47.5 Å². The Morgan fingerprint density at radius 1 is 0.852 bits per heavy atom. The molecule has 0 aromatic heterocycles. The fourth-order valence-electron chi connectivity index (χ4n) is 3.03. The molecule has 0 fully saturated rings. The van der Waals surface area contributed by atoms with Gasteiger partial charge in [-0.25, -0.2) is 0 Å². The second-order valence-electron chi connectivity index (χ2n) is 7.10. The molecule has 3 rings (SSSR count). The molecule has 142 valence electrons. The Bertz CT molecular complexity index is 848. The molecule has 1 aliphatic heterocycles. The predicted molar refractivity (Wildman–Crippen MR) is 104 cm³/mol. The van der Waals surface area contributed by atoms with Crippen molar-refractivity contribution in [3.63, 3.8) is 0 Å². The third-order valence-corrected chi connectivity index (χ3v) is 4.45. The largest absolute Gasteiger partial charge is 0.454 e. The standard InChI is InChI=1S/C21H24N2O4/c1-12(2)15-6-5-7-16(13(3)4)19(15)23-21(25)20(24)22-14-8-9-17-18(10-14)27-11-26-17/h5-10,12-13H,11H2,1-4H3,(H,22,24)(H,23,25). The molecule has 0 atom stereocenters. The minimum Gasteiger partial charge on any atom is -0.454 e. The molecule has 0 saturated carbocycles. The molecule has 0 bridgehead atoms. The van der Waals surface area contributed by atoms with Gasteiger partial charge in [-0.1, -0.05) is 45.9 Å². The van der Waals surface area contributed by atoms with Crippen LogP contribution in [0.3, 0.4) is 0 Å². The molecule has 2 N–H and O–H groups in total. The molecule has 2 amide bonds. The molecule has 0 spiro atoms. The zero-order chi connectivity index (χ0) is 19.6. The predicted octanol–water partition coefficient (Wildman–Crippen LogP) is 4.24. The van der Waals surface area contributed by atoms with Gasteiger partial charge >= 0.3 is 11.8 Å². The number of anilines is 2. The van der Waals surface area contributed by atoms with Crippen LogP contribution in [0.1, 0.15) is 50.7 Å². The van der Waals surface area contributed by atoms with Gasteiger partial charge in [0.1, 0.15) is 0 Å². The zero-order valence-electron chi connectivity index (χ0n) is 16.0. The highest BCUT2D eigenvalue weighted by atomic mass is 16.7. The second kappa shape index (κ2) is 7.70. The molecular weight excluding hydrogens is 344 g/mol. The summed E-state index contributed by atoms with van der Waals surface area (Å²) < 4.78 is 10.5. The van der Waals surface area contributed by atoms with Gasteiger partial charge in [-0.15, -0.1) is 0 Å². The number of para-hydroxylation sites is 1. The van der Waals surface area contributed by atoms with Gasteiger partial charge in [0, 0.05) is 17.4 Å². The monoisotopic (exact) mass is 368 g/mol. The van der Waals surface area contributed by atoms with Crippen molar-refractivity contribution in [2.45, 2.75) is 39.5 Å². The Morgan fingerprint density at radius 2 is 1.44 bits per heavy atom. The van der Waals surface area contributed by atoms with Crippen LogP contribution in [0.2, 0.25) is 0 Å². The summed E-state index contributed by atoms with van der Waals surface area (Å²) in [5.74, 6) is 0.155. The van der Waals surface area contributed by atoms with Gasteiger partial charge in [-0.3, -0.25) is 9.59 Å². The van der Waals surface area contributed by atoms with Gasteiger partial charge in [0.15, 0.2) is 11.5 Å². The number of rotatable bonds is 4. The zero-order valence-corrected chi connectivity index (χ0v) is 16.0. The van der Waals surface area contributed by atoms with Gasteiger partial charge in [0.25, 0.3) is 0 Å². The quantitative estimate of drug-likeness (QED) is 0.792. The lowest BCUT2D eigenvalue weighted by Crippen LogP contribution is -2.30. The summed E-state index contributed by atoms with van der Waals surface area (Å²) in [6, 6.07) is 10.9. The number of nitrogens with one attached hydrogen (secondary N) is 2. The van der Waals surface area contributed by atoms with Crippen molar-refractivity contribution < 1.29 is 19.1 Å². The first-order valence-corrected chi connectivity index (χ1v) is 9.01. The lowest BCUT2D eigenvalue weighted by molar-refractivity contribution is -0.133. The highest BCUT2D eigenvalue weighted by molar-refractivity contribution is 6.43. The maximum atomic E-state index is 12.5. The van der Waals surface area contributed by atoms with Gasteiger partial charge < -0.3 is 20.1 Å². The topological polar surface area (TPSA) is 76.7 Å². The van der Waals surface area contributed by atoms with E-state index in [4.69, 9.17) is 9.47 Å². The summed E-state index contributed by atoms with van der Waals surface area (Å²) >= 11 is 0. The van der Waals surface area contributed by atoms with E-state index in [0.29, 0.717) is 22.9 Å². The average molecular weight is 368 g/mol. The molecule has 0 unspecified atom stereocenters. The van der Waals surface area contributed by atoms with Crippen LogP contribution in [0, 0.1) is 0 Å². The summed E-state index contributed by atoms with van der Waals surface area (Å²) in [6.07, 6.45) is 0. The molecule has 1 aliphatic rings. The fraction of sp³-hybridized carbons (Fsp3) is 0.333. The van der Waals surface area contributed by atoms with Crippen LogP contribution in [0.5, 0.6) is 11.5 Å². The van der Waals surface area contributed by atoms with E-state index in [2.05, 4.69) is 38.3 Å². The second-order valence-corrected chi connectivity index (χ2v) is 7.10. The van der Waals surface area contributed by atoms with Crippen molar-refractivity contribution >= 4 is 23.2 Å². The van der Waals surface area contributed by atoms with Crippen molar-refractivity contribution in [2.75, 3.05) is 17.4 Å². The van der Waals surface area contributed by atoms with Crippen molar-refractivity contribution in [1.29, 1.82) is 0 Å². The third kappa shape index (κ3) is 4.05. The van der Waals surface area contributed by atoms with Gasteiger partial charge in [-0.05, 0) is 35.1 Å². The molecule has 2 aromatic rings. The summed E-state index contributed by atoms with van der Waals surface area (Å²) in [6.45, 7) is 8.38. The highest BCUT2D eigenvalue weighted by Crippen LogP contribution is 2.34. The summed E-state index contributed by atoms with van der Waals surface area (Å²) in [7, 11) is 0. The number of benzene rings is 2. The van der Waals surface area contributed by atoms with E-state index in [1.54, 1.807) is 18.2 Å². The summed E-state index contributed by atoms with van der Waals surface area (Å²) in [5.41, 5.74) is 3.20. The normalized spacial score (nSPS) is 12.4.